The summed E-state index contributed by atoms with van der Waals surface area (Å²) >= 11 is 0. The van der Waals surface area contributed by atoms with Crippen LogP contribution in [0.2, 0.25) is 0 Å². The number of anilines is 3. The van der Waals surface area contributed by atoms with E-state index in [0.717, 1.165) is 61.1 Å². The number of benzene rings is 4. The van der Waals surface area contributed by atoms with Gasteiger partial charge in [-0.25, -0.2) is 14.8 Å². The van der Waals surface area contributed by atoms with E-state index in [-0.39, 0.29) is 24.8 Å². The maximum atomic E-state index is 12.8. The van der Waals surface area contributed by atoms with Crippen LogP contribution in [0.5, 0.6) is 11.5 Å². The van der Waals surface area contributed by atoms with Crippen molar-refractivity contribution in [2.24, 2.45) is 0 Å². The fraction of sp³-hybridized carbons (Fsp3) is 0.256. The predicted octanol–water partition coefficient (Wildman–Crippen LogP) is 6.77. The lowest BCUT2D eigenvalue weighted by atomic mass is 9.99. The number of piperazine rings is 1. The van der Waals surface area contributed by atoms with Gasteiger partial charge in [0, 0.05) is 68.5 Å². The number of nitrogens with one attached hydrogen (secondary N) is 2. The molecule has 50 heavy (non-hydrogen) atoms. The Morgan fingerprint density at radius 1 is 0.740 bits per heavy atom. The molecular formula is C39H40N6O5. The molecule has 2 amide bonds. The molecule has 11 nitrogen and oxygen atoms in total. The van der Waals surface area contributed by atoms with Gasteiger partial charge in [-0.1, -0.05) is 54.6 Å². The third-order valence-corrected chi connectivity index (χ3v) is 8.82. The smallest absolute Gasteiger partial charge is 0.323 e. The highest BCUT2D eigenvalue weighted by Crippen LogP contribution is 2.38. The Kier molecular flexibility index (Phi) is 10.6. The second-order valence-electron chi connectivity index (χ2n) is 12.3. The van der Waals surface area contributed by atoms with Crippen LogP contribution in [0.4, 0.5) is 22.1 Å². The summed E-state index contributed by atoms with van der Waals surface area (Å²) < 4.78 is 18.9. The van der Waals surface area contributed by atoms with E-state index in [1.165, 1.54) is 0 Å². The van der Waals surface area contributed by atoms with Gasteiger partial charge in [-0.05, 0) is 65.7 Å². The molecule has 3 heterocycles. The van der Waals surface area contributed by atoms with Gasteiger partial charge < -0.3 is 34.9 Å². The van der Waals surface area contributed by atoms with Crippen molar-refractivity contribution in [3.05, 3.63) is 138 Å². The van der Waals surface area contributed by atoms with Crippen LogP contribution in [0.15, 0.2) is 122 Å². The number of carbonyl (C=O) groups excluding carboxylic acids is 1. The highest BCUT2D eigenvalue weighted by molar-refractivity contribution is 5.99. The zero-order valence-electron chi connectivity index (χ0n) is 27.6. The first kappa shape index (κ1) is 33.2. The van der Waals surface area contributed by atoms with E-state index >= 15 is 0 Å². The van der Waals surface area contributed by atoms with Crippen LogP contribution in [0, 0.1) is 0 Å². The third kappa shape index (κ3) is 8.63. The van der Waals surface area contributed by atoms with E-state index in [0.29, 0.717) is 23.5 Å². The van der Waals surface area contributed by atoms with Gasteiger partial charge in [0.05, 0.1) is 18.8 Å². The van der Waals surface area contributed by atoms with Crippen molar-refractivity contribution in [3.8, 4) is 11.5 Å². The number of urea groups is 1. The molecule has 7 rings (SSSR count). The van der Waals surface area contributed by atoms with E-state index in [4.69, 9.17) is 14.2 Å². The number of hydrogen-bond acceptors (Lipinski definition) is 9. The van der Waals surface area contributed by atoms with Gasteiger partial charge in [-0.3, -0.25) is 4.90 Å². The molecule has 5 aromatic rings. The fourth-order valence-corrected chi connectivity index (χ4v) is 6.15. The molecule has 2 saturated heterocycles. The first-order chi connectivity index (χ1) is 24.6. The van der Waals surface area contributed by atoms with Gasteiger partial charge in [0.2, 0.25) is 5.95 Å². The molecule has 0 bridgehead atoms. The lowest BCUT2D eigenvalue weighted by molar-refractivity contribution is -0.253. The summed E-state index contributed by atoms with van der Waals surface area (Å²) in [5.41, 5.74) is 4.04. The van der Waals surface area contributed by atoms with E-state index in [9.17, 15) is 9.90 Å². The number of aliphatic hydroxyl groups excluding tert-OH is 1. The second kappa shape index (κ2) is 15.9. The van der Waals surface area contributed by atoms with Crippen LogP contribution in [-0.4, -0.2) is 64.8 Å². The Hall–Kier alpha value is -5.33. The molecule has 3 atom stereocenters. The molecule has 0 aliphatic carbocycles. The predicted molar refractivity (Wildman–Crippen MR) is 191 cm³/mol. The van der Waals surface area contributed by atoms with Crippen molar-refractivity contribution in [2.75, 3.05) is 48.3 Å². The number of carbonyl (C=O) groups is 1. The van der Waals surface area contributed by atoms with Crippen molar-refractivity contribution in [1.82, 2.24) is 14.9 Å². The zero-order chi connectivity index (χ0) is 34.1. The first-order valence-corrected chi connectivity index (χ1v) is 16.8. The van der Waals surface area contributed by atoms with Crippen LogP contribution < -0.4 is 20.3 Å². The normalized spacial score (nSPS) is 19.5. The Morgan fingerprint density at radius 3 is 2.02 bits per heavy atom. The standard InChI is InChI=1S/C39H40N6O5/c46-27-28-7-9-29(10-8-28)36-25-35(26-44-21-23-45(24-22-44)38-40-19-4-20-41-38)49-37(50-36)30-11-13-31(14-12-30)42-39(47)43-32-15-17-34(18-16-32)48-33-5-2-1-3-6-33/h1-20,35-37,46H,21-27H2,(H2,42,43,47)/t35-,36+,37+/m1/s1. The molecule has 0 radical (unpaired) electrons. The highest BCUT2D eigenvalue weighted by Gasteiger charge is 2.34. The molecule has 0 spiro atoms. The van der Waals surface area contributed by atoms with Crippen LogP contribution in [0.25, 0.3) is 0 Å². The number of aromatic nitrogens is 2. The summed E-state index contributed by atoms with van der Waals surface area (Å²) in [6, 6.07) is 33.6. The van der Waals surface area contributed by atoms with Crippen molar-refractivity contribution < 1.29 is 24.1 Å². The Labute approximate surface area is 291 Å². The molecule has 2 aliphatic rings. The van der Waals surface area contributed by atoms with Crippen LogP contribution in [-0.2, 0) is 16.1 Å². The quantitative estimate of drug-likeness (QED) is 0.148. The average Bonchev–Trinajstić information content (AvgIpc) is 3.17. The molecule has 3 N–H and O–H groups in total. The van der Waals surface area contributed by atoms with Crippen molar-refractivity contribution in [1.29, 1.82) is 0 Å². The van der Waals surface area contributed by atoms with Crippen molar-refractivity contribution in [3.63, 3.8) is 0 Å². The van der Waals surface area contributed by atoms with Crippen LogP contribution in [0.1, 0.15) is 35.5 Å². The number of rotatable bonds is 10. The summed E-state index contributed by atoms with van der Waals surface area (Å²) in [6.07, 6.45) is 3.42. The minimum atomic E-state index is -0.588. The van der Waals surface area contributed by atoms with E-state index < -0.39 is 6.29 Å². The molecule has 1 aromatic heterocycles. The zero-order valence-corrected chi connectivity index (χ0v) is 27.6. The summed E-state index contributed by atoms with van der Waals surface area (Å²) in [7, 11) is 0. The molecule has 2 fully saturated rings. The summed E-state index contributed by atoms with van der Waals surface area (Å²) in [6.45, 7) is 4.22. The van der Waals surface area contributed by atoms with Gasteiger partial charge in [0.1, 0.15) is 11.5 Å². The molecule has 0 saturated carbocycles. The third-order valence-electron chi connectivity index (χ3n) is 8.82. The number of nitrogens with zero attached hydrogens (tertiary/aromatic N) is 4. The number of para-hydroxylation sites is 1. The summed E-state index contributed by atoms with van der Waals surface area (Å²) in [4.78, 5) is 26.2. The number of hydrogen-bond donors (Lipinski definition) is 3. The number of aliphatic hydroxyl groups is 1. The summed E-state index contributed by atoms with van der Waals surface area (Å²) in [5, 5.41) is 15.3. The second-order valence-corrected chi connectivity index (χ2v) is 12.3. The van der Waals surface area contributed by atoms with Gasteiger partial charge in [0.15, 0.2) is 6.29 Å². The van der Waals surface area contributed by atoms with Crippen molar-refractivity contribution in [2.45, 2.75) is 31.5 Å². The fourth-order valence-electron chi connectivity index (χ4n) is 6.15. The molecule has 256 valence electrons. The Balaban J connectivity index is 0.971. The summed E-state index contributed by atoms with van der Waals surface area (Å²) in [5.74, 6) is 2.19. The van der Waals surface area contributed by atoms with Gasteiger partial charge in [-0.2, -0.15) is 0 Å². The van der Waals surface area contributed by atoms with E-state index in [2.05, 4.69) is 30.4 Å². The monoisotopic (exact) mass is 672 g/mol. The van der Waals surface area contributed by atoms with Crippen LogP contribution in [0.3, 0.4) is 0 Å². The SMILES string of the molecule is O=C(Nc1ccc(Oc2ccccc2)cc1)Nc1ccc([C@H]2O[C@@H](CN3CCN(c4ncccn4)CC3)C[C@@H](c3ccc(CO)cc3)O2)cc1. The van der Waals surface area contributed by atoms with E-state index in [1.807, 2.05) is 97.1 Å². The van der Waals surface area contributed by atoms with Gasteiger partial charge in [-0.15, -0.1) is 0 Å². The topological polar surface area (TPSA) is 121 Å². The van der Waals surface area contributed by atoms with Crippen LogP contribution >= 0.6 is 0 Å². The molecule has 4 aromatic carbocycles. The maximum Gasteiger partial charge on any atom is 0.323 e. The number of amides is 2. The minimum Gasteiger partial charge on any atom is -0.457 e. The molecule has 0 unspecified atom stereocenters. The maximum absolute atomic E-state index is 12.8. The number of ether oxygens (including phenoxy) is 3. The first-order valence-electron chi connectivity index (χ1n) is 16.8. The van der Waals surface area contributed by atoms with E-state index in [1.54, 1.807) is 24.5 Å². The lowest BCUT2D eigenvalue weighted by Crippen LogP contribution is -2.50. The lowest BCUT2D eigenvalue weighted by Gasteiger charge is -2.40. The average molecular weight is 673 g/mol. The highest BCUT2D eigenvalue weighted by atomic mass is 16.7. The van der Waals surface area contributed by atoms with Gasteiger partial charge in [0.25, 0.3) is 0 Å². The Morgan fingerprint density at radius 2 is 1.36 bits per heavy atom. The largest absolute Gasteiger partial charge is 0.457 e. The van der Waals surface area contributed by atoms with Gasteiger partial charge >= 0.3 is 6.03 Å². The Bertz CT molecular complexity index is 1800. The molecule has 11 heteroatoms. The minimum absolute atomic E-state index is 0.00539. The molecule has 2 aliphatic heterocycles. The van der Waals surface area contributed by atoms with Crippen molar-refractivity contribution >= 4 is 23.4 Å². The molecular weight excluding hydrogens is 632 g/mol.